The Morgan fingerprint density at radius 1 is 1.05 bits per heavy atom. The zero-order valence-corrected chi connectivity index (χ0v) is 13.7. The van der Waals surface area contributed by atoms with Crippen molar-refractivity contribution in [3.63, 3.8) is 0 Å². The second kappa shape index (κ2) is 6.16. The van der Waals surface area contributed by atoms with Crippen molar-refractivity contribution in [3.8, 4) is 0 Å². The summed E-state index contributed by atoms with van der Waals surface area (Å²) in [7, 11) is 0. The average Bonchev–Trinajstić information content (AvgIpc) is 3.09. The van der Waals surface area contributed by atoms with Crippen LogP contribution in [0.4, 0.5) is 0 Å². The number of rotatable bonds is 5. The maximum absolute atomic E-state index is 3.92. The van der Waals surface area contributed by atoms with E-state index in [1.165, 1.54) is 64.3 Å². The van der Waals surface area contributed by atoms with Gasteiger partial charge in [-0.3, -0.25) is 0 Å². The summed E-state index contributed by atoms with van der Waals surface area (Å²) in [5.41, 5.74) is 1.22. The Balaban J connectivity index is 1.74. The molecule has 0 aromatic carbocycles. The van der Waals surface area contributed by atoms with E-state index in [9.17, 15) is 0 Å². The van der Waals surface area contributed by atoms with Crippen LogP contribution in [0.3, 0.4) is 0 Å². The molecule has 0 aromatic heterocycles. The minimum Gasteiger partial charge on any atom is -0.313 e. The van der Waals surface area contributed by atoms with Gasteiger partial charge in [-0.25, -0.2) is 0 Å². The van der Waals surface area contributed by atoms with Crippen LogP contribution in [-0.4, -0.2) is 12.6 Å². The lowest BCUT2D eigenvalue weighted by molar-refractivity contribution is 0.213. The van der Waals surface area contributed by atoms with Gasteiger partial charge in [-0.15, -0.1) is 0 Å². The number of hydrogen-bond acceptors (Lipinski definition) is 1. The summed E-state index contributed by atoms with van der Waals surface area (Å²) in [6.45, 7) is 10.9. The molecule has 0 radical (unpaired) electrons. The Hall–Kier alpha value is -0.0400. The van der Waals surface area contributed by atoms with Gasteiger partial charge in [0.05, 0.1) is 0 Å². The number of hydrogen-bond donors (Lipinski definition) is 1. The van der Waals surface area contributed by atoms with Crippen molar-refractivity contribution in [1.29, 1.82) is 0 Å². The minimum atomic E-state index is 0.509. The normalized spacial score (nSPS) is 30.9. The zero-order chi connectivity index (χ0) is 13.9. The first-order chi connectivity index (χ1) is 8.95. The molecule has 1 N–H and O–H groups in total. The molecule has 112 valence electrons. The molecule has 0 heterocycles. The Kier molecular flexibility index (Phi) is 4.98. The molecular formula is C18H35N. The van der Waals surface area contributed by atoms with Gasteiger partial charge in [0.15, 0.2) is 0 Å². The van der Waals surface area contributed by atoms with E-state index < -0.39 is 0 Å². The van der Waals surface area contributed by atoms with Gasteiger partial charge in [0.25, 0.3) is 0 Å². The van der Waals surface area contributed by atoms with Crippen molar-refractivity contribution >= 4 is 0 Å². The van der Waals surface area contributed by atoms with Crippen molar-refractivity contribution in [2.45, 2.75) is 91.5 Å². The van der Waals surface area contributed by atoms with Gasteiger partial charge in [0.1, 0.15) is 0 Å². The molecule has 1 nitrogen and oxygen atoms in total. The van der Waals surface area contributed by atoms with E-state index in [1.807, 2.05) is 0 Å². The van der Waals surface area contributed by atoms with Crippen LogP contribution in [0.2, 0.25) is 0 Å². The molecule has 2 atom stereocenters. The summed E-state index contributed by atoms with van der Waals surface area (Å²) in [4.78, 5) is 0. The molecule has 0 amide bonds. The van der Waals surface area contributed by atoms with Gasteiger partial charge >= 0.3 is 0 Å². The molecule has 0 spiro atoms. The van der Waals surface area contributed by atoms with E-state index in [1.54, 1.807) is 0 Å². The predicted molar refractivity (Wildman–Crippen MR) is 84.4 cm³/mol. The lowest BCUT2D eigenvalue weighted by Gasteiger charge is -2.30. The first-order valence-corrected chi connectivity index (χ1v) is 8.69. The molecule has 2 unspecified atom stereocenters. The highest BCUT2D eigenvalue weighted by molar-refractivity contribution is 4.95. The van der Waals surface area contributed by atoms with Gasteiger partial charge in [-0.2, -0.15) is 0 Å². The van der Waals surface area contributed by atoms with Crippen LogP contribution in [0.15, 0.2) is 0 Å². The van der Waals surface area contributed by atoms with Crippen LogP contribution in [0.25, 0.3) is 0 Å². The van der Waals surface area contributed by atoms with Crippen LogP contribution in [0.1, 0.15) is 85.5 Å². The molecule has 2 rings (SSSR count). The Morgan fingerprint density at radius 3 is 2.37 bits per heavy atom. The molecule has 2 aliphatic carbocycles. The van der Waals surface area contributed by atoms with Gasteiger partial charge in [-0.1, -0.05) is 40.5 Å². The molecule has 0 saturated heterocycles. The summed E-state index contributed by atoms with van der Waals surface area (Å²) in [5.74, 6) is 0.935. The summed E-state index contributed by atoms with van der Waals surface area (Å²) in [6.07, 6.45) is 12.9. The van der Waals surface area contributed by atoms with E-state index in [2.05, 4.69) is 33.0 Å². The van der Waals surface area contributed by atoms with E-state index in [-0.39, 0.29) is 0 Å². The Labute approximate surface area is 120 Å². The Morgan fingerprint density at radius 2 is 1.79 bits per heavy atom. The second-order valence-electron chi connectivity index (χ2n) is 8.40. The van der Waals surface area contributed by atoms with Crippen molar-refractivity contribution in [2.75, 3.05) is 6.54 Å². The lowest BCUT2D eigenvalue weighted by Crippen LogP contribution is -2.34. The molecule has 0 aliphatic heterocycles. The van der Waals surface area contributed by atoms with Crippen molar-refractivity contribution in [3.05, 3.63) is 0 Å². The van der Waals surface area contributed by atoms with Crippen molar-refractivity contribution in [2.24, 2.45) is 16.7 Å². The second-order valence-corrected chi connectivity index (χ2v) is 8.40. The highest BCUT2D eigenvalue weighted by Crippen LogP contribution is 2.49. The molecule has 2 saturated carbocycles. The highest BCUT2D eigenvalue weighted by atomic mass is 14.9. The van der Waals surface area contributed by atoms with Crippen LogP contribution < -0.4 is 5.32 Å². The van der Waals surface area contributed by atoms with Crippen LogP contribution >= 0.6 is 0 Å². The first-order valence-electron chi connectivity index (χ1n) is 8.69. The lowest BCUT2D eigenvalue weighted by atomic mass is 9.76. The molecule has 0 aromatic rings. The predicted octanol–water partition coefficient (Wildman–Crippen LogP) is 5.15. The van der Waals surface area contributed by atoms with Crippen LogP contribution in [-0.2, 0) is 0 Å². The quantitative estimate of drug-likeness (QED) is 0.678. The molecule has 2 fully saturated rings. The molecule has 0 bridgehead atoms. The fourth-order valence-corrected chi connectivity index (χ4v) is 3.95. The zero-order valence-electron chi connectivity index (χ0n) is 13.7. The fraction of sp³-hybridized carbons (Fsp3) is 1.00. The summed E-state index contributed by atoms with van der Waals surface area (Å²) >= 11 is 0. The fourth-order valence-electron chi connectivity index (χ4n) is 3.95. The summed E-state index contributed by atoms with van der Waals surface area (Å²) in [6, 6.07) is 0.807. The van der Waals surface area contributed by atoms with Crippen LogP contribution in [0.5, 0.6) is 0 Å². The molecular weight excluding hydrogens is 230 g/mol. The maximum Gasteiger partial charge on any atom is 0.00674 e. The standard InChI is InChI=1S/C18H35N/c1-5-11-18(12-13-18)14-19-16-8-6-7-15(9-10-16)17(2,3)4/h15-16,19H,5-14H2,1-4H3. The van der Waals surface area contributed by atoms with Crippen molar-refractivity contribution < 1.29 is 0 Å². The molecule has 2 aliphatic rings. The largest absolute Gasteiger partial charge is 0.313 e. The van der Waals surface area contributed by atoms with E-state index in [0.29, 0.717) is 10.8 Å². The maximum atomic E-state index is 3.92. The first kappa shape index (κ1) is 15.4. The summed E-state index contributed by atoms with van der Waals surface area (Å²) in [5, 5.41) is 3.92. The van der Waals surface area contributed by atoms with Gasteiger partial charge in [0.2, 0.25) is 0 Å². The third-order valence-electron chi connectivity index (χ3n) is 5.70. The third kappa shape index (κ3) is 4.48. The van der Waals surface area contributed by atoms with Gasteiger partial charge in [-0.05, 0) is 61.7 Å². The number of nitrogens with one attached hydrogen (secondary N) is 1. The summed E-state index contributed by atoms with van der Waals surface area (Å²) < 4.78 is 0. The SMILES string of the molecule is CCCC1(CNC2CCCC(C(C)(C)C)CC2)CC1. The topological polar surface area (TPSA) is 12.0 Å². The highest BCUT2D eigenvalue weighted by Gasteiger charge is 2.41. The van der Waals surface area contributed by atoms with E-state index >= 15 is 0 Å². The van der Waals surface area contributed by atoms with Crippen LogP contribution in [0, 0.1) is 16.7 Å². The van der Waals surface area contributed by atoms with E-state index in [4.69, 9.17) is 0 Å². The van der Waals surface area contributed by atoms with Gasteiger partial charge < -0.3 is 5.32 Å². The van der Waals surface area contributed by atoms with E-state index in [0.717, 1.165) is 12.0 Å². The van der Waals surface area contributed by atoms with Crippen molar-refractivity contribution in [1.82, 2.24) is 5.32 Å². The monoisotopic (exact) mass is 265 g/mol. The van der Waals surface area contributed by atoms with Gasteiger partial charge in [0, 0.05) is 12.6 Å². The molecule has 19 heavy (non-hydrogen) atoms. The molecule has 1 heteroatoms. The average molecular weight is 265 g/mol. The Bertz CT molecular complexity index is 272. The third-order valence-corrected chi connectivity index (χ3v) is 5.70. The smallest absolute Gasteiger partial charge is 0.00674 e. The minimum absolute atomic E-state index is 0.509.